The van der Waals surface area contributed by atoms with Crippen molar-refractivity contribution in [2.45, 2.75) is 64.6 Å². The fraction of sp³-hybridized carbons (Fsp3) is 0.917. The number of hydrogen-bond acceptors (Lipinski definition) is 3. The number of hydrogen-bond donors (Lipinski definition) is 0. The predicted octanol–water partition coefficient (Wildman–Crippen LogP) is 2.68. The molecule has 1 aliphatic rings. The average Bonchev–Trinajstić information content (AvgIpc) is 2.19. The summed E-state index contributed by atoms with van der Waals surface area (Å²) >= 11 is 0. The Morgan fingerprint density at radius 2 is 1.87 bits per heavy atom. The molecule has 0 saturated heterocycles. The van der Waals surface area contributed by atoms with Crippen molar-refractivity contribution < 1.29 is 14.3 Å². The standard InChI is InChI=1S/C12H22O3/c1-4-14-11(13)12(2,3)15-10-8-6-5-7-9-10/h10H,4-9H2,1-3H3. The maximum atomic E-state index is 11.6. The van der Waals surface area contributed by atoms with Gasteiger partial charge in [0.25, 0.3) is 0 Å². The van der Waals surface area contributed by atoms with E-state index >= 15 is 0 Å². The number of carbonyl (C=O) groups excluding carboxylic acids is 1. The summed E-state index contributed by atoms with van der Waals surface area (Å²) in [6.45, 7) is 5.81. The third kappa shape index (κ3) is 3.82. The summed E-state index contributed by atoms with van der Waals surface area (Å²) in [6.07, 6.45) is 6.09. The van der Waals surface area contributed by atoms with Gasteiger partial charge in [0.2, 0.25) is 0 Å². The molecule has 0 N–H and O–H groups in total. The largest absolute Gasteiger partial charge is 0.464 e. The molecule has 0 amide bonds. The Morgan fingerprint density at radius 1 is 1.27 bits per heavy atom. The van der Waals surface area contributed by atoms with Crippen LogP contribution in [-0.2, 0) is 14.3 Å². The van der Waals surface area contributed by atoms with Gasteiger partial charge in [-0.2, -0.15) is 0 Å². The van der Waals surface area contributed by atoms with Gasteiger partial charge in [-0.15, -0.1) is 0 Å². The fourth-order valence-corrected chi connectivity index (χ4v) is 1.95. The summed E-state index contributed by atoms with van der Waals surface area (Å²) in [4.78, 5) is 11.6. The lowest BCUT2D eigenvalue weighted by atomic mass is 9.97. The van der Waals surface area contributed by atoms with Crippen LogP contribution < -0.4 is 0 Å². The van der Waals surface area contributed by atoms with Gasteiger partial charge in [-0.25, -0.2) is 4.79 Å². The van der Waals surface area contributed by atoms with Crippen LogP contribution in [0.15, 0.2) is 0 Å². The molecule has 0 radical (unpaired) electrons. The molecule has 0 atom stereocenters. The molecule has 88 valence electrons. The van der Waals surface area contributed by atoms with Crippen molar-refractivity contribution in [3.05, 3.63) is 0 Å². The van der Waals surface area contributed by atoms with Crippen LogP contribution in [0.25, 0.3) is 0 Å². The van der Waals surface area contributed by atoms with Gasteiger partial charge in [-0.05, 0) is 33.6 Å². The van der Waals surface area contributed by atoms with Gasteiger partial charge < -0.3 is 9.47 Å². The lowest BCUT2D eigenvalue weighted by molar-refractivity contribution is -0.176. The van der Waals surface area contributed by atoms with Gasteiger partial charge in [0.1, 0.15) is 0 Å². The highest BCUT2D eigenvalue weighted by Gasteiger charge is 2.33. The monoisotopic (exact) mass is 214 g/mol. The van der Waals surface area contributed by atoms with Crippen molar-refractivity contribution in [1.29, 1.82) is 0 Å². The second-order valence-electron chi connectivity index (χ2n) is 4.61. The molecule has 0 aliphatic heterocycles. The molecule has 0 spiro atoms. The highest BCUT2D eigenvalue weighted by atomic mass is 16.6. The van der Waals surface area contributed by atoms with Crippen molar-refractivity contribution in [2.24, 2.45) is 0 Å². The first-order valence-electron chi connectivity index (χ1n) is 5.91. The smallest absolute Gasteiger partial charge is 0.337 e. The Morgan fingerprint density at radius 3 is 2.40 bits per heavy atom. The van der Waals surface area contributed by atoms with Crippen LogP contribution in [0.2, 0.25) is 0 Å². The molecule has 0 bridgehead atoms. The molecule has 3 nitrogen and oxygen atoms in total. The van der Waals surface area contributed by atoms with Crippen molar-refractivity contribution in [2.75, 3.05) is 6.61 Å². The van der Waals surface area contributed by atoms with E-state index in [1.165, 1.54) is 19.3 Å². The fourth-order valence-electron chi connectivity index (χ4n) is 1.95. The lowest BCUT2D eigenvalue weighted by Crippen LogP contribution is -2.40. The van der Waals surface area contributed by atoms with Gasteiger partial charge >= 0.3 is 5.97 Å². The van der Waals surface area contributed by atoms with E-state index < -0.39 is 5.60 Å². The van der Waals surface area contributed by atoms with Crippen LogP contribution in [0.4, 0.5) is 0 Å². The minimum Gasteiger partial charge on any atom is -0.464 e. The first-order chi connectivity index (χ1) is 7.06. The molecule has 0 unspecified atom stereocenters. The van der Waals surface area contributed by atoms with Crippen LogP contribution in [0, 0.1) is 0 Å². The molecule has 15 heavy (non-hydrogen) atoms. The second kappa shape index (κ2) is 5.50. The lowest BCUT2D eigenvalue weighted by Gasteiger charge is -2.31. The molecular weight excluding hydrogens is 192 g/mol. The Hall–Kier alpha value is -0.570. The van der Waals surface area contributed by atoms with Crippen LogP contribution in [0.1, 0.15) is 52.9 Å². The van der Waals surface area contributed by atoms with Crippen molar-refractivity contribution in [3.8, 4) is 0 Å². The molecule has 0 aromatic carbocycles. The number of rotatable bonds is 4. The molecular formula is C12H22O3. The van der Waals surface area contributed by atoms with Crippen LogP contribution in [-0.4, -0.2) is 24.3 Å². The zero-order valence-corrected chi connectivity index (χ0v) is 10.0. The molecule has 1 aliphatic carbocycles. The Labute approximate surface area is 92.1 Å². The highest BCUT2D eigenvalue weighted by molar-refractivity contribution is 5.78. The van der Waals surface area contributed by atoms with E-state index in [0.29, 0.717) is 6.61 Å². The summed E-state index contributed by atoms with van der Waals surface area (Å²) in [5.41, 5.74) is -0.794. The SMILES string of the molecule is CCOC(=O)C(C)(C)OC1CCCCC1. The quantitative estimate of drug-likeness (QED) is 0.675. The van der Waals surface area contributed by atoms with Crippen LogP contribution in [0.5, 0.6) is 0 Å². The molecule has 1 rings (SSSR count). The molecule has 0 aromatic rings. The topological polar surface area (TPSA) is 35.5 Å². The van der Waals surface area contributed by atoms with Crippen molar-refractivity contribution in [1.82, 2.24) is 0 Å². The van der Waals surface area contributed by atoms with E-state index in [0.717, 1.165) is 12.8 Å². The number of esters is 1. The van der Waals surface area contributed by atoms with E-state index in [1.807, 2.05) is 6.92 Å². The summed E-state index contributed by atoms with van der Waals surface area (Å²) in [6, 6.07) is 0. The van der Waals surface area contributed by atoms with E-state index in [9.17, 15) is 4.79 Å². The van der Waals surface area contributed by atoms with E-state index in [4.69, 9.17) is 9.47 Å². The minimum absolute atomic E-state index is 0.234. The summed E-state index contributed by atoms with van der Waals surface area (Å²) in [5.74, 6) is -0.254. The average molecular weight is 214 g/mol. The Balaban J connectivity index is 2.42. The van der Waals surface area contributed by atoms with Gasteiger partial charge in [0, 0.05) is 0 Å². The Kier molecular flexibility index (Phi) is 4.58. The van der Waals surface area contributed by atoms with Crippen LogP contribution in [0.3, 0.4) is 0 Å². The zero-order valence-electron chi connectivity index (χ0n) is 10.0. The summed E-state index contributed by atoms with van der Waals surface area (Å²) in [7, 11) is 0. The highest BCUT2D eigenvalue weighted by Crippen LogP contribution is 2.25. The maximum absolute atomic E-state index is 11.6. The minimum atomic E-state index is -0.794. The number of ether oxygens (including phenoxy) is 2. The first kappa shape index (κ1) is 12.5. The van der Waals surface area contributed by atoms with Gasteiger partial charge in [-0.3, -0.25) is 0 Å². The van der Waals surface area contributed by atoms with E-state index in [1.54, 1.807) is 13.8 Å². The van der Waals surface area contributed by atoms with E-state index in [2.05, 4.69) is 0 Å². The summed E-state index contributed by atoms with van der Waals surface area (Å²) < 4.78 is 10.8. The predicted molar refractivity (Wildman–Crippen MR) is 58.7 cm³/mol. The molecule has 3 heteroatoms. The van der Waals surface area contributed by atoms with Crippen molar-refractivity contribution in [3.63, 3.8) is 0 Å². The van der Waals surface area contributed by atoms with Crippen LogP contribution >= 0.6 is 0 Å². The summed E-state index contributed by atoms with van der Waals surface area (Å²) in [5, 5.41) is 0. The Bertz CT molecular complexity index is 205. The maximum Gasteiger partial charge on any atom is 0.337 e. The second-order valence-corrected chi connectivity index (χ2v) is 4.61. The molecule has 1 fully saturated rings. The third-order valence-corrected chi connectivity index (χ3v) is 2.78. The molecule has 0 aromatic heterocycles. The third-order valence-electron chi connectivity index (χ3n) is 2.78. The number of carbonyl (C=O) groups is 1. The van der Waals surface area contributed by atoms with Crippen molar-refractivity contribution >= 4 is 5.97 Å². The van der Waals surface area contributed by atoms with Gasteiger partial charge in [0.05, 0.1) is 12.7 Å². The molecule has 1 saturated carbocycles. The van der Waals surface area contributed by atoms with Gasteiger partial charge in [0.15, 0.2) is 5.60 Å². The molecule has 0 heterocycles. The first-order valence-corrected chi connectivity index (χ1v) is 5.91. The van der Waals surface area contributed by atoms with E-state index in [-0.39, 0.29) is 12.1 Å². The zero-order chi connectivity index (χ0) is 11.3. The van der Waals surface area contributed by atoms with Gasteiger partial charge in [-0.1, -0.05) is 19.3 Å². The normalized spacial score (nSPS) is 18.9.